The van der Waals surface area contributed by atoms with Gasteiger partial charge in [0, 0.05) is 24.4 Å². The van der Waals surface area contributed by atoms with Crippen molar-refractivity contribution >= 4 is 47.4 Å². The van der Waals surface area contributed by atoms with Crippen molar-refractivity contribution in [3.05, 3.63) is 35.6 Å². The minimum Gasteiger partial charge on any atom is -0.480 e. The number of fused-ring (bicyclic) bond motifs is 1. The van der Waals surface area contributed by atoms with Gasteiger partial charge >= 0.3 is 23.8 Å². The first-order valence-corrected chi connectivity index (χ1v) is 12.4. The maximum Gasteiger partial charge on any atom is 0.327 e. The Morgan fingerprint density at radius 3 is 2.38 bits per heavy atom. The third-order valence-corrected chi connectivity index (χ3v) is 8.21. The van der Waals surface area contributed by atoms with Crippen molar-refractivity contribution in [3.8, 4) is 0 Å². The summed E-state index contributed by atoms with van der Waals surface area (Å²) in [6, 6.07) is 0.159. The molecule has 3 saturated heterocycles. The quantitative estimate of drug-likeness (QED) is 0.337. The van der Waals surface area contributed by atoms with Crippen molar-refractivity contribution < 1.29 is 38.3 Å². The molecular formula is C23H26FN5O7S. The summed E-state index contributed by atoms with van der Waals surface area (Å²) >= 11 is 1.23. The number of benzene rings is 1. The highest BCUT2D eigenvalue weighted by Gasteiger charge is 2.64. The van der Waals surface area contributed by atoms with E-state index >= 15 is 0 Å². The molecule has 0 unspecified atom stereocenters. The van der Waals surface area contributed by atoms with Crippen LogP contribution in [0.5, 0.6) is 0 Å². The molecule has 3 aliphatic heterocycles. The van der Waals surface area contributed by atoms with Crippen LogP contribution in [0.4, 0.5) is 9.18 Å². The predicted octanol–water partition coefficient (Wildman–Crippen LogP) is -0.101. The molecule has 14 heteroatoms. The molecule has 0 bridgehead atoms. The number of halogens is 1. The summed E-state index contributed by atoms with van der Waals surface area (Å²) in [5.41, 5.74) is 0.171. The number of urea groups is 1. The van der Waals surface area contributed by atoms with Gasteiger partial charge in [-0.2, -0.15) is 0 Å². The van der Waals surface area contributed by atoms with Gasteiger partial charge in [0.05, 0.1) is 0 Å². The molecule has 1 aromatic carbocycles. The zero-order valence-electron chi connectivity index (χ0n) is 20.3. The number of carboxylic acid groups (broad SMARTS) is 1. The van der Waals surface area contributed by atoms with E-state index in [9.17, 15) is 38.3 Å². The summed E-state index contributed by atoms with van der Waals surface area (Å²) < 4.78 is 12.7. The SMILES string of the molecule is CCN1CCN(C(=O)N[C@@H](C(=O)N[C@@H]2C(=O)N3[C@@H]2SC(C)(C)[C@@H]3C(=O)O)c2ccc(F)cc2)C(=O)C1=O. The fraction of sp³-hybridized carbons (Fsp3) is 0.478. The Kier molecular flexibility index (Phi) is 6.88. The standard InChI is InChI=1S/C23H26FN5O7S/c1-4-27-9-10-28(19(33)18(27)32)22(36)26-13(11-5-7-12(24)8-6-11)16(30)25-14-17(31)29-15(21(34)35)23(2,3)37-20(14)29/h5-8,13-15,20H,4,9-10H2,1-3H3,(H,25,30)(H,26,36)(H,34,35)/t13-,14-,15+,20-/m1/s1. The first-order chi connectivity index (χ1) is 17.4. The molecule has 198 valence electrons. The summed E-state index contributed by atoms with van der Waals surface area (Å²) in [6.45, 7) is 5.43. The summed E-state index contributed by atoms with van der Waals surface area (Å²) in [6.07, 6.45) is 0. The lowest BCUT2D eigenvalue weighted by Gasteiger charge is -2.44. The molecule has 0 aromatic heterocycles. The molecule has 3 N–H and O–H groups in total. The highest BCUT2D eigenvalue weighted by Crippen LogP contribution is 2.50. The van der Waals surface area contributed by atoms with Gasteiger partial charge in [0.2, 0.25) is 11.8 Å². The fourth-order valence-electron chi connectivity index (χ4n) is 4.71. The maximum atomic E-state index is 13.5. The lowest BCUT2D eigenvalue weighted by molar-refractivity contribution is -0.161. The van der Waals surface area contributed by atoms with E-state index in [0.717, 1.165) is 12.1 Å². The molecule has 1 aromatic rings. The van der Waals surface area contributed by atoms with Gasteiger partial charge in [0.15, 0.2) is 0 Å². The van der Waals surface area contributed by atoms with Crippen LogP contribution in [0, 0.1) is 5.82 Å². The van der Waals surface area contributed by atoms with E-state index in [1.807, 2.05) is 0 Å². The van der Waals surface area contributed by atoms with Gasteiger partial charge in [-0.15, -0.1) is 11.8 Å². The van der Waals surface area contributed by atoms with Gasteiger partial charge < -0.3 is 25.5 Å². The molecule has 37 heavy (non-hydrogen) atoms. The fourth-order valence-corrected chi connectivity index (χ4v) is 6.33. The van der Waals surface area contributed by atoms with E-state index < -0.39 is 69.7 Å². The highest BCUT2D eigenvalue weighted by molar-refractivity contribution is 8.01. The minimum atomic E-state index is -1.43. The van der Waals surface area contributed by atoms with Crippen molar-refractivity contribution in [3.63, 3.8) is 0 Å². The van der Waals surface area contributed by atoms with Crippen LogP contribution in [0.15, 0.2) is 24.3 Å². The lowest BCUT2D eigenvalue weighted by Crippen LogP contribution is -2.71. The van der Waals surface area contributed by atoms with Crippen LogP contribution in [0.2, 0.25) is 0 Å². The van der Waals surface area contributed by atoms with Gasteiger partial charge in [0.1, 0.15) is 29.3 Å². The average Bonchev–Trinajstić information content (AvgIpc) is 3.10. The van der Waals surface area contributed by atoms with Crippen LogP contribution in [-0.4, -0.2) is 97.3 Å². The molecule has 0 aliphatic carbocycles. The Morgan fingerprint density at radius 1 is 1.14 bits per heavy atom. The van der Waals surface area contributed by atoms with Gasteiger partial charge in [-0.25, -0.2) is 14.0 Å². The second-order valence-electron chi connectivity index (χ2n) is 9.36. The van der Waals surface area contributed by atoms with E-state index in [4.69, 9.17) is 0 Å². The topological polar surface area (TPSA) is 156 Å². The first kappa shape index (κ1) is 26.4. The van der Waals surface area contributed by atoms with Crippen LogP contribution < -0.4 is 10.6 Å². The van der Waals surface area contributed by atoms with Crippen LogP contribution in [0.3, 0.4) is 0 Å². The Hall–Kier alpha value is -3.68. The molecule has 12 nitrogen and oxygen atoms in total. The molecule has 0 saturated carbocycles. The number of nitrogens with one attached hydrogen (secondary N) is 2. The molecule has 3 fully saturated rings. The van der Waals surface area contributed by atoms with Gasteiger partial charge in [-0.1, -0.05) is 12.1 Å². The number of carbonyl (C=O) groups is 6. The number of rotatable bonds is 6. The normalized spacial score (nSPS) is 25.4. The number of β-lactam (4-membered cyclic amide) rings is 1. The van der Waals surface area contributed by atoms with Crippen molar-refractivity contribution in [1.82, 2.24) is 25.3 Å². The van der Waals surface area contributed by atoms with Crippen molar-refractivity contribution in [2.45, 2.75) is 49.0 Å². The molecule has 3 aliphatic rings. The number of amides is 6. The number of nitrogens with zero attached hydrogens (tertiary/aromatic N) is 3. The number of aliphatic carboxylic acids is 1. The molecule has 4 rings (SSSR count). The van der Waals surface area contributed by atoms with E-state index in [2.05, 4.69) is 10.6 Å². The number of carboxylic acids is 1. The molecule has 4 atom stereocenters. The van der Waals surface area contributed by atoms with Crippen molar-refractivity contribution in [2.24, 2.45) is 0 Å². The molecule has 6 amide bonds. The highest BCUT2D eigenvalue weighted by atomic mass is 32.2. The number of hydrogen-bond donors (Lipinski definition) is 3. The Balaban J connectivity index is 1.53. The van der Waals surface area contributed by atoms with E-state index in [1.54, 1.807) is 20.8 Å². The number of imide groups is 1. The molecule has 0 radical (unpaired) electrons. The average molecular weight is 536 g/mol. The minimum absolute atomic E-state index is 0.0809. The number of hydrogen-bond acceptors (Lipinski definition) is 7. The second-order valence-corrected chi connectivity index (χ2v) is 11.1. The summed E-state index contributed by atoms with van der Waals surface area (Å²) in [7, 11) is 0. The summed E-state index contributed by atoms with van der Waals surface area (Å²) in [5, 5.41) is 13.9. The number of likely N-dealkylation sites (N-methyl/N-ethyl adjacent to an activating group) is 1. The van der Waals surface area contributed by atoms with Crippen LogP contribution >= 0.6 is 11.8 Å². The van der Waals surface area contributed by atoms with E-state index in [1.165, 1.54) is 33.7 Å². The molecular weight excluding hydrogens is 509 g/mol. The van der Waals surface area contributed by atoms with Gasteiger partial charge in [0.25, 0.3) is 0 Å². The van der Waals surface area contributed by atoms with Gasteiger partial charge in [-0.05, 0) is 38.5 Å². The number of piperazine rings is 1. The third-order valence-electron chi connectivity index (χ3n) is 6.64. The largest absolute Gasteiger partial charge is 0.480 e. The summed E-state index contributed by atoms with van der Waals surface area (Å²) in [4.78, 5) is 78.6. The zero-order valence-corrected chi connectivity index (χ0v) is 21.1. The van der Waals surface area contributed by atoms with Crippen LogP contribution in [0.25, 0.3) is 0 Å². The Labute approximate surface area is 215 Å². The predicted molar refractivity (Wildman–Crippen MR) is 127 cm³/mol. The van der Waals surface area contributed by atoms with Gasteiger partial charge in [-0.3, -0.25) is 24.1 Å². The smallest absolute Gasteiger partial charge is 0.327 e. The molecule has 3 heterocycles. The van der Waals surface area contributed by atoms with Crippen molar-refractivity contribution in [2.75, 3.05) is 19.6 Å². The monoisotopic (exact) mass is 535 g/mol. The zero-order chi connectivity index (χ0) is 27.2. The van der Waals surface area contributed by atoms with Crippen LogP contribution in [0.1, 0.15) is 32.4 Å². The third kappa shape index (κ3) is 4.61. The van der Waals surface area contributed by atoms with E-state index in [-0.39, 0.29) is 18.7 Å². The van der Waals surface area contributed by atoms with Crippen molar-refractivity contribution in [1.29, 1.82) is 0 Å². The van der Waals surface area contributed by atoms with E-state index in [0.29, 0.717) is 11.4 Å². The summed E-state index contributed by atoms with van der Waals surface area (Å²) in [5.74, 6) is -5.03. The second kappa shape index (κ2) is 9.65. The Bertz CT molecular complexity index is 1180. The number of carbonyl (C=O) groups excluding carboxylic acids is 5. The van der Waals surface area contributed by atoms with Crippen LogP contribution in [-0.2, 0) is 24.0 Å². The maximum absolute atomic E-state index is 13.5. The lowest BCUT2D eigenvalue weighted by atomic mass is 9.95. The first-order valence-electron chi connectivity index (χ1n) is 11.6. The Morgan fingerprint density at radius 2 is 1.78 bits per heavy atom. The molecule has 0 spiro atoms. The number of thioether (sulfide) groups is 1.